The molecule has 0 saturated carbocycles. The molecule has 0 aliphatic rings. The first-order valence-corrected chi connectivity index (χ1v) is 5.27. The molecular formula is C6H7N3O4S. The highest BCUT2D eigenvalue weighted by atomic mass is 32.2. The first-order chi connectivity index (χ1) is 6.32. The van der Waals surface area contributed by atoms with Crippen molar-refractivity contribution < 1.29 is 18.3 Å². The molecular weight excluding hydrogens is 210 g/mol. The molecule has 0 spiro atoms. The van der Waals surface area contributed by atoms with Gasteiger partial charge in [-0.25, -0.2) is 23.2 Å². The maximum absolute atomic E-state index is 10.9. The van der Waals surface area contributed by atoms with Gasteiger partial charge in [0.15, 0.2) is 0 Å². The van der Waals surface area contributed by atoms with E-state index in [0.29, 0.717) is 0 Å². The Balaban J connectivity index is 3.34. The summed E-state index contributed by atoms with van der Waals surface area (Å²) in [5.41, 5.74) is 4.90. The molecule has 0 amide bonds. The zero-order valence-electron chi connectivity index (χ0n) is 7.13. The van der Waals surface area contributed by atoms with E-state index in [-0.39, 0.29) is 11.4 Å². The van der Waals surface area contributed by atoms with Gasteiger partial charge in [0, 0.05) is 12.5 Å². The maximum atomic E-state index is 10.9. The molecule has 0 fully saturated rings. The number of carbonyl (C=O) groups is 1. The van der Waals surface area contributed by atoms with E-state index in [1.807, 2.05) is 0 Å². The first kappa shape index (κ1) is 10.4. The summed E-state index contributed by atoms with van der Waals surface area (Å²) in [6, 6.07) is 0. The second kappa shape index (κ2) is 3.22. The standard InChI is InChI=1S/C6H7N3O4S/c1-14(12,13)6-8-2-3(5(10)11)4(7)9-6/h2H,1H3,(H,10,11)(H2,7,8,9). The van der Waals surface area contributed by atoms with Crippen molar-refractivity contribution in [3.8, 4) is 0 Å². The van der Waals surface area contributed by atoms with E-state index >= 15 is 0 Å². The lowest BCUT2D eigenvalue weighted by atomic mass is 10.3. The predicted molar refractivity (Wildman–Crippen MR) is 46.5 cm³/mol. The number of sulfone groups is 1. The maximum Gasteiger partial charge on any atom is 0.341 e. The van der Waals surface area contributed by atoms with Crippen LogP contribution in [0.3, 0.4) is 0 Å². The number of aromatic nitrogens is 2. The first-order valence-electron chi connectivity index (χ1n) is 3.38. The van der Waals surface area contributed by atoms with Crippen molar-refractivity contribution in [1.29, 1.82) is 0 Å². The molecule has 3 N–H and O–H groups in total. The quantitative estimate of drug-likeness (QED) is 0.619. The van der Waals surface area contributed by atoms with Crippen molar-refractivity contribution in [2.45, 2.75) is 5.16 Å². The van der Waals surface area contributed by atoms with Crippen molar-refractivity contribution in [2.75, 3.05) is 12.0 Å². The average Bonchev–Trinajstić information content (AvgIpc) is 2.01. The molecule has 1 rings (SSSR count). The summed E-state index contributed by atoms with van der Waals surface area (Å²) in [7, 11) is -3.56. The summed E-state index contributed by atoms with van der Waals surface area (Å²) < 4.78 is 21.9. The van der Waals surface area contributed by atoms with Gasteiger partial charge in [0.1, 0.15) is 11.4 Å². The zero-order valence-corrected chi connectivity index (χ0v) is 7.95. The van der Waals surface area contributed by atoms with Crippen LogP contribution in [0.15, 0.2) is 11.4 Å². The molecule has 76 valence electrons. The SMILES string of the molecule is CS(=O)(=O)c1ncc(C(=O)O)c(N)n1. The fourth-order valence-corrected chi connectivity index (χ4v) is 1.23. The van der Waals surface area contributed by atoms with E-state index in [4.69, 9.17) is 10.8 Å². The number of rotatable bonds is 2. The fourth-order valence-electron chi connectivity index (χ4n) is 0.721. The van der Waals surface area contributed by atoms with Crippen LogP contribution < -0.4 is 5.73 Å². The number of nitrogen functional groups attached to an aromatic ring is 1. The number of anilines is 1. The van der Waals surface area contributed by atoms with Gasteiger partial charge in [0.05, 0.1) is 0 Å². The van der Waals surface area contributed by atoms with Crippen LogP contribution in [0.1, 0.15) is 10.4 Å². The Hall–Kier alpha value is -1.70. The predicted octanol–water partition coefficient (Wildman–Crippen LogP) is -0.839. The monoisotopic (exact) mass is 217 g/mol. The summed E-state index contributed by atoms with van der Waals surface area (Å²) in [6.07, 6.45) is 1.77. The molecule has 0 aliphatic carbocycles. The number of nitrogens with two attached hydrogens (primary N) is 1. The van der Waals surface area contributed by atoms with Gasteiger partial charge in [-0.05, 0) is 0 Å². The minimum atomic E-state index is -3.56. The van der Waals surface area contributed by atoms with Crippen LogP contribution in [0.4, 0.5) is 5.82 Å². The summed E-state index contributed by atoms with van der Waals surface area (Å²) >= 11 is 0. The third-order valence-electron chi connectivity index (χ3n) is 1.36. The number of carboxylic acid groups (broad SMARTS) is 1. The minimum absolute atomic E-state index is 0.322. The van der Waals surface area contributed by atoms with Crippen LogP contribution in [0.25, 0.3) is 0 Å². The van der Waals surface area contributed by atoms with Gasteiger partial charge >= 0.3 is 5.97 Å². The highest BCUT2D eigenvalue weighted by molar-refractivity contribution is 7.90. The fraction of sp³-hybridized carbons (Fsp3) is 0.167. The van der Waals surface area contributed by atoms with E-state index in [1.54, 1.807) is 0 Å². The molecule has 0 atom stereocenters. The van der Waals surface area contributed by atoms with Gasteiger partial charge in [-0.3, -0.25) is 0 Å². The summed E-state index contributed by atoms with van der Waals surface area (Å²) in [5, 5.41) is 8.06. The van der Waals surface area contributed by atoms with Crippen LogP contribution in [-0.2, 0) is 9.84 Å². The van der Waals surface area contributed by atoms with E-state index in [2.05, 4.69) is 9.97 Å². The van der Waals surface area contributed by atoms with Crippen molar-refractivity contribution in [1.82, 2.24) is 9.97 Å². The van der Waals surface area contributed by atoms with Crippen LogP contribution in [0.5, 0.6) is 0 Å². The molecule has 0 aromatic carbocycles. The third-order valence-corrected chi connectivity index (χ3v) is 2.22. The molecule has 0 radical (unpaired) electrons. The summed E-state index contributed by atoms with van der Waals surface area (Å²) in [5.74, 6) is -1.67. The number of hydrogen-bond acceptors (Lipinski definition) is 6. The smallest absolute Gasteiger partial charge is 0.341 e. The van der Waals surface area contributed by atoms with Crippen LogP contribution in [0.2, 0.25) is 0 Å². The van der Waals surface area contributed by atoms with Gasteiger partial charge < -0.3 is 10.8 Å². The van der Waals surface area contributed by atoms with Crippen LogP contribution in [0, 0.1) is 0 Å². The lowest BCUT2D eigenvalue weighted by molar-refractivity contribution is 0.0697. The zero-order chi connectivity index (χ0) is 10.9. The molecule has 0 saturated heterocycles. The summed E-state index contributed by atoms with van der Waals surface area (Å²) in [4.78, 5) is 17.2. The minimum Gasteiger partial charge on any atom is -0.477 e. The number of hydrogen-bond donors (Lipinski definition) is 2. The average molecular weight is 217 g/mol. The third kappa shape index (κ3) is 1.96. The molecule has 8 heteroatoms. The molecule has 1 aromatic rings. The highest BCUT2D eigenvalue weighted by Gasteiger charge is 2.16. The van der Waals surface area contributed by atoms with Gasteiger partial charge in [-0.15, -0.1) is 0 Å². The van der Waals surface area contributed by atoms with Gasteiger partial charge in [-0.1, -0.05) is 0 Å². The van der Waals surface area contributed by atoms with E-state index in [1.165, 1.54) is 0 Å². The molecule has 0 unspecified atom stereocenters. The van der Waals surface area contributed by atoms with Crippen LogP contribution >= 0.6 is 0 Å². The van der Waals surface area contributed by atoms with E-state index in [9.17, 15) is 13.2 Å². The Kier molecular flexibility index (Phi) is 2.39. The topological polar surface area (TPSA) is 123 Å². The molecule has 14 heavy (non-hydrogen) atoms. The Morgan fingerprint density at radius 2 is 2.14 bits per heavy atom. The second-order valence-corrected chi connectivity index (χ2v) is 4.44. The largest absolute Gasteiger partial charge is 0.477 e. The van der Waals surface area contributed by atoms with Gasteiger partial charge in [-0.2, -0.15) is 0 Å². The van der Waals surface area contributed by atoms with Gasteiger partial charge in [0.25, 0.3) is 0 Å². The Bertz CT molecular complexity index is 482. The van der Waals surface area contributed by atoms with Crippen molar-refractivity contribution >= 4 is 21.6 Å². The Labute approximate surface area is 79.5 Å². The number of carboxylic acids is 1. The molecule has 1 heterocycles. The molecule has 0 aliphatic heterocycles. The molecule has 1 aromatic heterocycles. The molecule has 7 nitrogen and oxygen atoms in total. The van der Waals surface area contributed by atoms with Crippen LogP contribution in [-0.4, -0.2) is 35.7 Å². The molecule has 0 bridgehead atoms. The number of nitrogens with zero attached hydrogens (tertiary/aromatic N) is 2. The lowest BCUT2D eigenvalue weighted by Gasteiger charge is -2.00. The highest BCUT2D eigenvalue weighted by Crippen LogP contribution is 2.09. The second-order valence-electron chi connectivity index (χ2n) is 2.53. The normalized spacial score (nSPS) is 11.2. The number of aromatic carboxylic acids is 1. The lowest BCUT2D eigenvalue weighted by Crippen LogP contribution is -2.11. The van der Waals surface area contributed by atoms with Crippen molar-refractivity contribution in [3.05, 3.63) is 11.8 Å². The van der Waals surface area contributed by atoms with Crippen molar-refractivity contribution in [3.63, 3.8) is 0 Å². The Morgan fingerprint density at radius 1 is 1.57 bits per heavy atom. The summed E-state index contributed by atoms with van der Waals surface area (Å²) in [6.45, 7) is 0. The Morgan fingerprint density at radius 3 is 2.50 bits per heavy atom. The van der Waals surface area contributed by atoms with Crippen molar-refractivity contribution in [2.24, 2.45) is 0 Å². The van der Waals surface area contributed by atoms with E-state index in [0.717, 1.165) is 12.5 Å². The van der Waals surface area contributed by atoms with Gasteiger partial charge in [0.2, 0.25) is 15.0 Å². The van der Waals surface area contributed by atoms with E-state index < -0.39 is 21.0 Å².